The van der Waals surface area contributed by atoms with Gasteiger partial charge in [0.15, 0.2) is 5.96 Å². The standard InChI is InChI=1S/C22H26FN5/c1-25-22(26-15-19-13-17(14-24)9-10-20(19)23)27-16-21(28-11-5-6-12-28)18-7-3-2-4-8-18/h2-4,7-10,13,21H,5-6,11-12,15-16H2,1H3,(H2,25,26,27). The summed E-state index contributed by atoms with van der Waals surface area (Å²) in [5, 5.41) is 15.5. The van der Waals surface area contributed by atoms with Crippen LogP contribution in [0.2, 0.25) is 0 Å². The fraction of sp³-hybridized carbons (Fsp3) is 0.364. The highest BCUT2D eigenvalue weighted by molar-refractivity contribution is 5.79. The molecule has 1 saturated heterocycles. The number of likely N-dealkylation sites (tertiary alicyclic amines) is 1. The van der Waals surface area contributed by atoms with Crippen molar-refractivity contribution in [1.82, 2.24) is 15.5 Å². The summed E-state index contributed by atoms with van der Waals surface area (Å²) >= 11 is 0. The van der Waals surface area contributed by atoms with Crippen LogP contribution < -0.4 is 10.6 Å². The van der Waals surface area contributed by atoms with Crippen molar-refractivity contribution in [2.45, 2.75) is 25.4 Å². The van der Waals surface area contributed by atoms with Crippen molar-refractivity contribution in [2.75, 3.05) is 26.7 Å². The fourth-order valence-electron chi connectivity index (χ4n) is 3.56. The zero-order chi connectivity index (χ0) is 19.8. The first kappa shape index (κ1) is 19.8. The zero-order valence-corrected chi connectivity index (χ0v) is 16.2. The molecule has 1 aliphatic heterocycles. The van der Waals surface area contributed by atoms with Gasteiger partial charge in [-0.15, -0.1) is 0 Å². The predicted octanol–water partition coefficient (Wildman–Crippen LogP) is 3.20. The molecule has 2 N–H and O–H groups in total. The zero-order valence-electron chi connectivity index (χ0n) is 16.2. The van der Waals surface area contributed by atoms with E-state index in [-0.39, 0.29) is 18.4 Å². The monoisotopic (exact) mass is 379 g/mol. The van der Waals surface area contributed by atoms with E-state index in [0.717, 1.165) is 13.1 Å². The summed E-state index contributed by atoms with van der Waals surface area (Å²) in [5.74, 6) is 0.281. The summed E-state index contributed by atoms with van der Waals surface area (Å²) < 4.78 is 14.0. The normalized spacial score (nSPS) is 15.8. The van der Waals surface area contributed by atoms with E-state index in [9.17, 15) is 4.39 Å². The minimum atomic E-state index is -0.332. The number of benzene rings is 2. The Labute approximate surface area is 165 Å². The van der Waals surface area contributed by atoms with Crippen LogP contribution in [0, 0.1) is 17.1 Å². The van der Waals surface area contributed by atoms with Crippen LogP contribution in [0.15, 0.2) is 53.5 Å². The van der Waals surface area contributed by atoms with Gasteiger partial charge in [-0.05, 0) is 49.7 Å². The summed E-state index contributed by atoms with van der Waals surface area (Å²) in [4.78, 5) is 6.75. The molecule has 0 radical (unpaired) electrons. The summed E-state index contributed by atoms with van der Waals surface area (Å²) in [7, 11) is 1.70. The fourth-order valence-corrected chi connectivity index (χ4v) is 3.56. The van der Waals surface area contributed by atoms with E-state index in [1.165, 1.54) is 30.5 Å². The molecule has 1 heterocycles. The average molecular weight is 379 g/mol. The summed E-state index contributed by atoms with van der Waals surface area (Å²) in [5.41, 5.74) is 2.17. The Hall–Kier alpha value is -2.91. The molecule has 0 spiro atoms. The topological polar surface area (TPSA) is 63.5 Å². The van der Waals surface area contributed by atoms with Crippen LogP contribution in [0.1, 0.15) is 35.6 Å². The second kappa shape index (κ2) is 9.86. The van der Waals surface area contributed by atoms with Crippen LogP contribution in [-0.4, -0.2) is 37.5 Å². The molecule has 1 fully saturated rings. The van der Waals surface area contributed by atoms with Gasteiger partial charge >= 0.3 is 0 Å². The number of nitriles is 1. The molecule has 0 amide bonds. The molecule has 0 saturated carbocycles. The number of nitrogens with zero attached hydrogens (tertiary/aromatic N) is 3. The maximum absolute atomic E-state index is 14.0. The lowest BCUT2D eigenvalue weighted by molar-refractivity contribution is 0.245. The molecule has 2 aromatic rings. The minimum Gasteiger partial charge on any atom is -0.354 e. The maximum Gasteiger partial charge on any atom is 0.191 e. The lowest BCUT2D eigenvalue weighted by Gasteiger charge is -2.29. The highest BCUT2D eigenvalue weighted by Crippen LogP contribution is 2.24. The molecule has 3 rings (SSSR count). The van der Waals surface area contributed by atoms with Crippen molar-refractivity contribution in [2.24, 2.45) is 4.99 Å². The Morgan fingerprint density at radius 1 is 1.18 bits per heavy atom. The Morgan fingerprint density at radius 2 is 1.93 bits per heavy atom. The first-order valence-electron chi connectivity index (χ1n) is 9.63. The average Bonchev–Trinajstić information content (AvgIpc) is 3.27. The van der Waals surface area contributed by atoms with E-state index in [0.29, 0.717) is 23.6 Å². The predicted molar refractivity (Wildman–Crippen MR) is 109 cm³/mol. The highest BCUT2D eigenvalue weighted by atomic mass is 19.1. The molecule has 1 aliphatic rings. The van der Waals surface area contributed by atoms with Gasteiger partial charge in [-0.3, -0.25) is 9.89 Å². The summed E-state index contributed by atoms with van der Waals surface area (Å²) in [6.45, 7) is 3.17. The summed E-state index contributed by atoms with van der Waals surface area (Å²) in [6, 6.07) is 17.1. The van der Waals surface area contributed by atoms with Gasteiger partial charge in [-0.1, -0.05) is 30.3 Å². The quantitative estimate of drug-likeness (QED) is 0.598. The molecule has 5 nitrogen and oxygen atoms in total. The molecule has 0 aromatic heterocycles. The van der Waals surface area contributed by atoms with Gasteiger partial charge < -0.3 is 10.6 Å². The number of rotatable bonds is 6. The van der Waals surface area contributed by atoms with Crippen LogP contribution in [0.5, 0.6) is 0 Å². The third-order valence-electron chi connectivity index (χ3n) is 5.07. The van der Waals surface area contributed by atoms with E-state index in [2.05, 4.69) is 44.8 Å². The SMILES string of the molecule is CN=C(NCc1cc(C#N)ccc1F)NCC(c1ccccc1)N1CCCC1. The van der Waals surface area contributed by atoms with Crippen molar-refractivity contribution >= 4 is 5.96 Å². The van der Waals surface area contributed by atoms with Crippen LogP contribution in [0.3, 0.4) is 0 Å². The molecular weight excluding hydrogens is 353 g/mol. The van der Waals surface area contributed by atoms with Crippen LogP contribution >= 0.6 is 0 Å². The molecule has 0 bridgehead atoms. The molecule has 0 aliphatic carbocycles. The Morgan fingerprint density at radius 3 is 2.61 bits per heavy atom. The number of hydrogen-bond acceptors (Lipinski definition) is 3. The molecule has 28 heavy (non-hydrogen) atoms. The molecule has 2 aromatic carbocycles. The number of halogens is 1. The second-order valence-corrected chi connectivity index (χ2v) is 6.89. The third kappa shape index (κ3) is 5.08. The number of nitrogens with one attached hydrogen (secondary N) is 2. The van der Waals surface area contributed by atoms with Gasteiger partial charge in [-0.25, -0.2) is 4.39 Å². The van der Waals surface area contributed by atoms with Gasteiger partial charge in [0.2, 0.25) is 0 Å². The second-order valence-electron chi connectivity index (χ2n) is 6.89. The largest absolute Gasteiger partial charge is 0.354 e. The Bertz CT molecular complexity index is 838. The van der Waals surface area contributed by atoms with Gasteiger partial charge in [0, 0.05) is 25.7 Å². The van der Waals surface area contributed by atoms with E-state index >= 15 is 0 Å². The maximum atomic E-state index is 14.0. The van der Waals surface area contributed by atoms with E-state index in [1.807, 2.05) is 12.1 Å². The van der Waals surface area contributed by atoms with Gasteiger partial charge in [0.1, 0.15) is 5.82 Å². The smallest absolute Gasteiger partial charge is 0.191 e. The van der Waals surface area contributed by atoms with Crippen molar-refractivity contribution in [3.05, 3.63) is 71.0 Å². The molecule has 1 atom stereocenters. The third-order valence-corrected chi connectivity index (χ3v) is 5.07. The van der Waals surface area contributed by atoms with Crippen LogP contribution in [-0.2, 0) is 6.54 Å². The van der Waals surface area contributed by atoms with E-state index < -0.39 is 0 Å². The van der Waals surface area contributed by atoms with Gasteiger partial charge in [-0.2, -0.15) is 5.26 Å². The highest BCUT2D eigenvalue weighted by Gasteiger charge is 2.23. The lowest BCUT2D eigenvalue weighted by atomic mass is 10.1. The van der Waals surface area contributed by atoms with E-state index in [4.69, 9.17) is 5.26 Å². The molecular formula is C22H26FN5. The Kier molecular flexibility index (Phi) is 6.99. The molecule has 6 heteroatoms. The number of guanidine groups is 1. The van der Waals surface area contributed by atoms with E-state index in [1.54, 1.807) is 13.1 Å². The van der Waals surface area contributed by atoms with Crippen molar-refractivity contribution in [1.29, 1.82) is 5.26 Å². The minimum absolute atomic E-state index is 0.265. The van der Waals surface area contributed by atoms with Gasteiger partial charge in [0.05, 0.1) is 17.7 Å². The molecule has 146 valence electrons. The first-order chi connectivity index (χ1) is 13.7. The summed E-state index contributed by atoms with van der Waals surface area (Å²) in [6.07, 6.45) is 2.45. The number of hydrogen-bond donors (Lipinski definition) is 2. The van der Waals surface area contributed by atoms with Crippen molar-refractivity contribution < 1.29 is 4.39 Å². The lowest BCUT2D eigenvalue weighted by Crippen LogP contribution is -2.42. The van der Waals surface area contributed by atoms with Crippen LogP contribution in [0.25, 0.3) is 0 Å². The van der Waals surface area contributed by atoms with Crippen LogP contribution in [0.4, 0.5) is 4.39 Å². The number of aliphatic imine (C=N–C) groups is 1. The first-order valence-corrected chi connectivity index (χ1v) is 9.63. The molecule has 1 unspecified atom stereocenters. The van der Waals surface area contributed by atoms with Gasteiger partial charge in [0.25, 0.3) is 0 Å². The Balaban J connectivity index is 1.63. The van der Waals surface area contributed by atoms with Crippen molar-refractivity contribution in [3.8, 4) is 6.07 Å². The van der Waals surface area contributed by atoms with Crippen molar-refractivity contribution in [3.63, 3.8) is 0 Å².